The van der Waals surface area contributed by atoms with Crippen molar-refractivity contribution in [3.63, 3.8) is 0 Å². The summed E-state index contributed by atoms with van der Waals surface area (Å²) in [6, 6.07) is 6.23. The molecule has 0 bridgehead atoms. The van der Waals surface area contributed by atoms with Crippen molar-refractivity contribution in [1.29, 1.82) is 0 Å². The lowest BCUT2D eigenvalue weighted by Crippen LogP contribution is -2.11. The fourth-order valence-corrected chi connectivity index (χ4v) is 2.75. The van der Waals surface area contributed by atoms with Gasteiger partial charge in [-0.1, -0.05) is 6.07 Å². The first-order valence-corrected chi connectivity index (χ1v) is 6.45. The molecule has 0 unspecified atom stereocenters. The van der Waals surface area contributed by atoms with Crippen LogP contribution in [0.5, 0.6) is 0 Å². The van der Waals surface area contributed by atoms with E-state index in [1.165, 1.54) is 23.5 Å². The highest BCUT2D eigenvalue weighted by Gasteiger charge is 2.12. The smallest absolute Gasteiger partial charge is 0.266 e. The van der Waals surface area contributed by atoms with E-state index in [2.05, 4.69) is 15.5 Å². The highest BCUT2D eigenvalue weighted by atomic mass is 32.1. The van der Waals surface area contributed by atoms with Crippen LogP contribution in [0.25, 0.3) is 10.1 Å². The zero-order valence-electron chi connectivity index (χ0n) is 10.0. The van der Waals surface area contributed by atoms with Gasteiger partial charge in [0.05, 0.1) is 11.1 Å². The zero-order valence-corrected chi connectivity index (χ0v) is 10.8. The Bertz CT molecular complexity index is 762. The quantitative estimate of drug-likeness (QED) is 0.753. The molecule has 2 heterocycles. The minimum Gasteiger partial charge on any atom is -0.306 e. The predicted molar refractivity (Wildman–Crippen MR) is 73.1 cm³/mol. The van der Waals surface area contributed by atoms with E-state index in [1.807, 2.05) is 6.92 Å². The molecular formula is C13H10FN3OS. The number of nitrogens with zero attached hydrogens (tertiary/aromatic N) is 1. The van der Waals surface area contributed by atoms with Gasteiger partial charge >= 0.3 is 0 Å². The molecule has 3 aromatic rings. The molecule has 1 amide bonds. The number of fused-ring (bicyclic) bond motifs is 1. The van der Waals surface area contributed by atoms with Crippen LogP contribution in [0.1, 0.15) is 15.2 Å². The van der Waals surface area contributed by atoms with Gasteiger partial charge in [0.2, 0.25) is 0 Å². The van der Waals surface area contributed by atoms with Crippen LogP contribution in [0, 0.1) is 12.7 Å². The van der Waals surface area contributed by atoms with Crippen LogP contribution in [0.4, 0.5) is 10.2 Å². The van der Waals surface area contributed by atoms with Crippen molar-refractivity contribution in [3.05, 3.63) is 46.7 Å². The molecule has 2 aromatic heterocycles. The number of hydrogen-bond acceptors (Lipinski definition) is 3. The van der Waals surface area contributed by atoms with Crippen molar-refractivity contribution in [3.8, 4) is 0 Å². The molecule has 0 aliphatic heterocycles. The van der Waals surface area contributed by atoms with Crippen molar-refractivity contribution < 1.29 is 9.18 Å². The lowest BCUT2D eigenvalue weighted by atomic mass is 10.2. The molecule has 96 valence electrons. The number of aromatic amines is 1. The third-order valence-corrected chi connectivity index (χ3v) is 3.87. The minimum absolute atomic E-state index is 0.228. The molecule has 0 aliphatic rings. The lowest BCUT2D eigenvalue weighted by Gasteiger charge is -2.00. The van der Waals surface area contributed by atoms with Gasteiger partial charge in [-0.05, 0) is 30.5 Å². The van der Waals surface area contributed by atoms with Crippen LogP contribution < -0.4 is 5.32 Å². The van der Waals surface area contributed by atoms with Crippen molar-refractivity contribution in [2.45, 2.75) is 6.92 Å². The number of H-pyrrole nitrogens is 1. The van der Waals surface area contributed by atoms with Gasteiger partial charge in [0.1, 0.15) is 11.6 Å². The summed E-state index contributed by atoms with van der Waals surface area (Å²) in [5.41, 5.74) is 0.862. The summed E-state index contributed by atoms with van der Waals surface area (Å²) in [4.78, 5) is 12.6. The van der Waals surface area contributed by atoms with Gasteiger partial charge in [0.15, 0.2) is 0 Å². The maximum Gasteiger partial charge on any atom is 0.266 e. The Morgan fingerprint density at radius 3 is 3.00 bits per heavy atom. The molecule has 19 heavy (non-hydrogen) atoms. The van der Waals surface area contributed by atoms with E-state index in [4.69, 9.17) is 0 Å². The fourth-order valence-electron chi connectivity index (χ4n) is 1.76. The van der Waals surface area contributed by atoms with Gasteiger partial charge < -0.3 is 5.32 Å². The number of thiophene rings is 1. The Morgan fingerprint density at radius 2 is 2.26 bits per heavy atom. The van der Waals surface area contributed by atoms with Crippen LogP contribution in [0.15, 0.2) is 30.5 Å². The summed E-state index contributed by atoms with van der Waals surface area (Å²) >= 11 is 1.26. The standard InChI is InChI=1S/C13H10FN3OS/c1-7-6-15-17-12(7)16-13(18)11-4-8-2-3-9(14)5-10(8)19-11/h2-6H,1H3,(H2,15,16,17,18). The van der Waals surface area contributed by atoms with Gasteiger partial charge in [-0.25, -0.2) is 4.39 Å². The Kier molecular flexibility index (Phi) is 2.79. The number of carbonyl (C=O) groups excluding carboxylic acids is 1. The van der Waals surface area contributed by atoms with Crippen molar-refractivity contribution in [2.75, 3.05) is 5.32 Å². The number of carbonyl (C=O) groups is 1. The number of amides is 1. The number of benzene rings is 1. The summed E-state index contributed by atoms with van der Waals surface area (Å²) in [6.45, 7) is 1.85. The van der Waals surface area contributed by atoms with Crippen LogP contribution >= 0.6 is 11.3 Å². The first-order valence-electron chi connectivity index (χ1n) is 5.64. The van der Waals surface area contributed by atoms with Gasteiger partial charge in [0, 0.05) is 10.3 Å². The molecule has 0 spiro atoms. The first-order chi connectivity index (χ1) is 9.13. The van der Waals surface area contributed by atoms with Gasteiger partial charge in [-0.3, -0.25) is 9.89 Å². The van der Waals surface area contributed by atoms with E-state index >= 15 is 0 Å². The molecule has 0 saturated heterocycles. The number of hydrogen-bond donors (Lipinski definition) is 2. The third-order valence-electron chi connectivity index (χ3n) is 2.77. The summed E-state index contributed by atoms with van der Waals surface area (Å²) in [5.74, 6) is 0.0494. The molecule has 0 atom stereocenters. The molecule has 0 aliphatic carbocycles. The van der Waals surface area contributed by atoms with Gasteiger partial charge in [-0.2, -0.15) is 5.10 Å². The number of nitrogens with one attached hydrogen (secondary N) is 2. The van der Waals surface area contributed by atoms with Gasteiger partial charge in [0.25, 0.3) is 5.91 Å². The second-order valence-corrected chi connectivity index (χ2v) is 5.26. The molecule has 4 nitrogen and oxygen atoms in total. The molecule has 1 aromatic carbocycles. The average Bonchev–Trinajstić information content (AvgIpc) is 2.96. The highest BCUT2D eigenvalue weighted by Crippen LogP contribution is 2.27. The topological polar surface area (TPSA) is 57.8 Å². The van der Waals surface area contributed by atoms with E-state index in [-0.39, 0.29) is 11.7 Å². The first kappa shape index (κ1) is 11.9. The average molecular weight is 275 g/mol. The van der Waals surface area contributed by atoms with E-state index in [9.17, 15) is 9.18 Å². The molecule has 0 radical (unpaired) electrons. The van der Waals surface area contributed by atoms with E-state index in [1.54, 1.807) is 18.3 Å². The van der Waals surface area contributed by atoms with Crippen LogP contribution in [-0.2, 0) is 0 Å². The maximum atomic E-state index is 13.1. The van der Waals surface area contributed by atoms with Crippen molar-refractivity contribution in [2.24, 2.45) is 0 Å². The second-order valence-electron chi connectivity index (χ2n) is 4.17. The fraction of sp³-hybridized carbons (Fsp3) is 0.0769. The zero-order chi connectivity index (χ0) is 13.4. The van der Waals surface area contributed by atoms with Gasteiger partial charge in [-0.15, -0.1) is 11.3 Å². The van der Waals surface area contributed by atoms with Crippen molar-refractivity contribution >= 4 is 33.1 Å². The monoisotopic (exact) mass is 275 g/mol. The van der Waals surface area contributed by atoms with Crippen LogP contribution in [0.3, 0.4) is 0 Å². The van der Waals surface area contributed by atoms with E-state index in [0.29, 0.717) is 10.7 Å². The molecule has 0 fully saturated rings. The van der Waals surface area contributed by atoms with Crippen molar-refractivity contribution in [1.82, 2.24) is 10.2 Å². The van der Waals surface area contributed by atoms with Crippen LogP contribution in [0.2, 0.25) is 0 Å². The number of aryl methyl sites for hydroxylation is 1. The molecular weight excluding hydrogens is 265 g/mol. The number of aromatic nitrogens is 2. The minimum atomic E-state index is -0.300. The summed E-state index contributed by atoms with van der Waals surface area (Å²) in [7, 11) is 0. The largest absolute Gasteiger partial charge is 0.306 e. The maximum absolute atomic E-state index is 13.1. The summed E-state index contributed by atoms with van der Waals surface area (Å²) < 4.78 is 13.9. The molecule has 2 N–H and O–H groups in total. The molecule has 0 saturated carbocycles. The lowest BCUT2D eigenvalue weighted by molar-refractivity contribution is 0.103. The second kappa shape index (κ2) is 4.47. The summed E-state index contributed by atoms with van der Waals surface area (Å²) in [6.07, 6.45) is 1.63. The Morgan fingerprint density at radius 1 is 1.42 bits per heavy atom. The predicted octanol–water partition coefficient (Wildman–Crippen LogP) is 3.32. The SMILES string of the molecule is Cc1cn[nH]c1NC(=O)c1cc2ccc(F)cc2s1. The Labute approximate surface area is 112 Å². The van der Waals surface area contributed by atoms with E-state index < -0.39 is 0 Å². The summed E-state index contributed by atoms with van der Waals surface area (Å²) in [5, 5.41) is 10.1. The molecule has 6 heteroatoms. The highest BCUT2D eigenvalue weighted by molar-refractivity contribution is 7.20. The Balaban J connectivity index is 1.91. The van der Waals surface area contributed by atoms with Crippen LogP contribution in [-0.4, -0.2) is 16.1 Å². The molecule has 3 rings (SSSR count). The normalized spacial score (nSPS) is 10.8. The Hall–Kier alpha value is -2.21. The number of anilines is 1. The third kappa shape index (κ3) is 2.22. The number of halogens is 1. The number of rotatable bonds is 2. The van der Waals surface area contributed by atoms with E-state index in [0.717, 1.165) is 15.6 Å².